The maximum atomic E-state index is 12.1. The number of thioether (sulfide) groups is 1. The van der Waals surface area contributed by atoms with E-state index < -0.39 is 0 Å². The minimum atomic E-state index is 0.147. The van der Waals surface area contributed by atoms with Crippen LogP contribution in [-0.4, -0.2) is 21.1 Å². The van der Waals surface area contributed by atoms with Gasteiger partial charge in [0.05, 0.1) is 5.75 Å². The van der Waals surface area contributed by atoms with Gasteiger partial charge in [0.25, 0.3) is 0 Å². The van der Waals surface area contributed by atoms with Crippen molar-refractivity contribution in [2.24, 2.45) is 7.05 Å². The molecule has 1 aromatic carbocycles. The first-order chi connectivity index (χ1) is 9.61. The van der Waals surface area contributed by atoms with Gasteiger partial charge in [-0.2, -0.15) is 0 Å². The van der Waals surface area contributed by atoms with Crippen LogP contribution in [0.2, 0.25) is 0 Å². The van der Waals surface area contributed by atoms with E-state index in [0.29, 0.717) is 11.7 Å². The zero-order valence-electron chi connectivity index (χ0n) is 12.2. The number of aromatic nitrogens is 2. The topological polar surface area (TPSA) is 34.9 Å². The normalized spacial score (nSPS) is 12.3. The van der Waals surface area contributed by atoms with Gasteiger partial charge in [0.2, 0.25) is 0 Å². The van der Waals surface area contributed by atoms with Crippen molar-refractivity contribution in [3.63, 3.8) is 0 Å². The van der Waals surface area contributed by atoms with E-state index in [1.807, 2.05) is 29.9 Å². The van der Waals surface area contributed by atoms with Crippen LogP contribution in [0, 0.1) is 0 Å². The molecule has 0 amide bonds. The summed E-state index contributed by atoms with van der Waals surface area (Å²) in [5.41, 5.74) is 2.07. The lowest BCUT2D eigenvalue weighted by Gasteiger charge is -2.09. The molecule has 0 aliphatic carbocycles. The predicted octanol–water partition coefficient (Wildman–Crippen LogP) is 3.91. The second-order valence-corrected chi connectivity index (χ2v) is 5.91. The van der Waals surface area contributed by atoms with E-state index in [2.05, 4.69) is 31.0 Å². The Kier molecular flexibility index (Phi) is 5.01. The van der Waals surface area contributed by atoms with Crippen LogP contribution in [0.4, 0.5) is 0 Å². The zero-order valence-corrected chi connectivity index (χ0v) is 13.0. The summed E-state index contributed by atoms with van der Waals surface area (Å²) >= 11 is 1.47. The molecule has 0 N–H and O–H groups in total. The van der Waals surface area contributed by atoms with Crippen LogP contribution in [0.15, 0.2) is 41.8 Å². The maximum absolute atomic E-state index is 12.1. The average molecular weight is 288 g/mol. The molecule has 20 heavy (non-hydrogen) atoms. The highest BCUT2D eigenvalue weighted by Crippen LogP contribution is 2.20. The Hall–Kier alpha value is -1.55. The Morgan fingerprint density at radius 3 is 2.60 bits per heavy atom. The number of ketones is 1. The third-order valence-corrected chi connectivity index (χ3v) is 4.58. The van der Waals surface area contributed by atoms with E-state index in [0.717, 1.165) is 17.1 Å². The lowest BCUT2D eigenvalue weighted by atomic mass is 9.97. The van der Waals surface area contributed by atoms with Crippen molar-refractivity contribution in [2.45, 2.75) is 31.3 Å². The summed E-state index contributed by atoms with van der Waals surface area (Å²) in [7, 11) is 1.93. The molecule has 0 fully saturated rings. The van der Waals surface area contributed by atoms with Gasteiger partial charge in [-0.15, -0.1) is 0 Å². The Morgan fingerprint density at radius 1 is 1.35 bits per heavy atom. The van der Waals surface area contributed by atoms with Gasteiger partial charge >= 0.3 is 0 Å². The van der Waals surface area contributed by atoms with Crippen LogP contribution in [0.5, 0.6) is 0 Å². The van der Waals surface area contributed by atoms with Crippen LogP contribution in [0.1, 0.15) is 42.1 Å². The first-order valence-corrected chi connectivity index (χ1v) is 7.83. The molecule has 2 aromatic rings. The first kappa shape index (κ1) is 14.9. The third kappa shape index (κ3) is 3.51. The molecule has 4 heteroatoms. The highest BCUT2D eigenvalue weighted by atomic mass is 32.2. The summed E-state index contributed by atoms with van der Waals surface area (Å²) in [6, 6.07) is 7.99. The Balaban J connectivity index is 1.97. The summed E-state index contributed by atoms with van der Waals surface area (Å²) in [6.45, 7) is 4.38. The fraction of sp³-hybridized carbons (Fsp3) is 0.375. The molecule has 0 spiro atoms. The summed E-state index contributed by atoms with van der Waals surface area (Å²) in [4.78, 5) is 16.3. The van der Waals surface area contributed by atoms with E-state index >= 15 is 0 Å². The Labute approximate surface area is 124 Å². The van der Waals surface area contributed by atoms with Crippen LogP contribution in [0.25, 0.3) is 0 Å². The van der Waals surface area contributed by atoms with Gasteiger partial charge in [-0.25, -0.2) is 4.98 Å². The third-order valence-electron chi connectivity index (χ3n) is 3.52. The molecular weight excluding hydrogens is 268 g/mol. The summed E-state index contributed by atoms with van der Waals surface area (Å²) in [5, 5.41) is 0.870. The zero-order chi connectivity index (χ0) is 14.5. The van der Waals surface area contributed by atoms with E-state index in [-0.39, 0.29) is 5.78 Å². The van der Waals surface area contributed by atoms with Crippen molar-refractivity contribution in [1.29, 1.82) is 0 Å². The molecule has 0 aliphatic heterocycles. The van der Waals surface area contributed by atoms with E-state index in [1.54, 1.807) is 6.20 Å². The van der Waals surface area contributed by atoms with Crippen molar-refractivity contribution >= 4 is 17.5 Å². The number of carbonyl (C=O) groups excluding carboxylic acids is 1. The molecule has 0 saturated heterocycles. The fourth-order valence-electron chi connectivity index (χ4n) is 1.94. The average Bonchev–Trinajstić information content (AvgIpc) is 2.89. The molecule has 1 heterocycles. The lowest BCUT2D eigenvalue weighted by molar-refractivity contribution is 0.102. The van der Waals surface area contributed by atoms with Crippen LogP contribution < -0.4 is 0 Å². The largest absolute Gasteiger partial charge is 0.329 e. The monoisotopic (exact) mass is 288 g/mol. The Bertz CT molecular complexity index is 574. The molecule has 106 valence electrons. The molecule has 1 unspecified atom stereocenters. The minimum absolute atomic E-state index is 0.147. The number of Topliss-reactive ketones (excluding diaryl/α,β-unsaturated/α-hetero) is 1. The number of aryl methyl sites for hydroxylation is 1. The van der Waals surface area contributed by atoms with Crippen LogP contribution in [-0.2, 0) is 7.05 Å². The minimum Gasteiger partial charge on any atom is -0.329 e. The molecule has 0 radical (unpaired) electrons. The van der Waals surface area contributed by atoms with Crippen molar-refractivity contribution in [1.82, 2.24) is 9.55 Å². The standard InChI is InChI=1S/C16H20N2OS/c1-4-12(2)13-5-7-14(8-6-13)15(19)11-20-16-17-9-10-18(16)3/h5-10,12H,4,11H2,1-3H3. The molecule has 1 aromatic heterocycles. The van der Waals surface area contributed by atoms with E-state index in [4.69, 9.17) is 0 Å². The highest BCUT2D eigenvalue weighted by molar-refractivity contribution is 7.99. The molecule has 3 nitrogen and oxygen atoms in total. The van der Waals surface area contributed by atoms with Gasteiger partial charge in [0, 0.05) is 25.0 Å². The quantitative estimate of drug-likeness (QED) is 0.597. The number of imidazole rings is 1. The van der Waals surface area contributed by atoms with Crippen molar-refractivity contribution in [2.75, 3.05) is 5.75 Å². The van der Waals surface area contributed by atoms with Gasteiger partial charge < -0.3 is 4.57 Å². The molecule has 1 atom stereocenters. The summed E-state index contributed by atoms with van der Waals surface area (Å²) < 4.78 is 1.92. The number of hydrogen-bond acceptors (Lipinski definition) is 3. The Morgan fingerprint density at radius 2 is 2.05 bits per heavy atom. The van der Waals surface area contributed by atoms with Gasteiger partial charge in [0.1, 0.15) is 0 Å². The van der Waals surface area contributed by atoms with Gasteiger partial charge in [-0.1, -0.05) is 49.9 Å². The van der Waals surface area contributed by atoms with Gasteiger partial charge in [0.15, 0.2) is 10.9 Å². The number of hydrogen-bond donors (Lipinski definition) is 0. The molecule has 0 saturated carbocycles. The maximum Gasteiger partial charge on any atom is 0.173 e. The van der Waals surface area contributed by atoms with Crippen molar-refractivity contribution in [3.8, 4) is 0 Å². The van der Waals surface area contributed by atoms with Crippen LogP contribution >= 0.6 is 11.8 Å². The van der Waals surface area contributed by atoms with E-state index in [1.165, 1.54) is 17.3 Å². The summed E-state index contributed by atoms with van der Waals surface area (Å²) in [6.07, 6.45) is 4.74. The van der Waals surface area contributed by atoms with Gasteiger partial charge in [-0.3, -0.25) is 4.79 Å². The molecule has 0 bridgehead atoms. The predicted molar refractivity (Wildman–Crippen MR) is 83.4 cm³/mol. The molecular formula is C16H20N2OS. The van der Waals surface area contributed by atoms with E-state index in [9.17, 15) is 4.79 Å². The number of rotatable bonds is 6. The first-order valence-electron chi connectivity index (χ1n) is 6.85. The smallest absolute Gasteiger partial charge is 0.173 e. The van der Waals surface area contributed by atoms with Crippen molar-refractivity contribution in [3.05, 3.63) is 47.8 Å². The highest BCUT2D eigenvalue weighted by Gasteiger charge is 2.10. The van der Waals surface area contributed by atoms with Crippen molar-refractivity contribution < 1.29 is 4.79 Å². The molecule has 2 rings (SSSR count). The van der Waals surface area contributed by atoms with Crippen LogP contribution in [0.3, 0.4) is 0 Å². The molecule has 0 aliphatic rings. The number of nitrogens with zero attached hydrogens (tertiary/aromatic N) is 2. The second kappa shape index (κ2) is 6.75. The lowest BCUT2D eigenvalue weighted by Crippen LogP contribution is -2.04. The number of benzene rings is 1. The number of carbonyl (C=O) groups is 1. The second-order valence-electron chi connectivity index (χ2n) is 4.96. The summed E-state index contributed by atoms with van der Waals surface area (Å²) in [5.74, 6) is 1.11. The van der Waals surface area contributed by atoms with Gasteiger partial charge in [-0.05, 0) is 17.9 Å². The SMILES string of the molecule is CCC(C)c1ccc(C(=O)CSc2nccn2C)cc1. The fourth-order valence-corrected chi connectivity index (χ4v) is 2.76.